The van der Waals surface area contributed by atoms with Gasteiger partial charge in [0.2, 0.25) is 0 Å². The third kappa shape index (κ3) is 5.05. The molecular weight excluding hydrogens is 266 g/mol. The predicted molar refractivity (Wildman–Crippen MR) is 85.0 cm³/mol. The van der Waals surface area contributed by atoms with Crippen LogP contribution in [0.3, 0.4) is 0 Å². The second-order valence-electron chi connectivity index (χ2n) is 5.97. The molecule has 0 aliphatic rings. The van der Waals surface area contributed by atoms with Crippen LogP contribution in [0.2, 0.25) is 0 Å². The van der Waals surface area contributed by atoms with E-state index in [2.05, 4.69) is 11.4 Å². The lowest BCUT2D eigenvalue weighted by molar-refractivity contribution is -0.145. The molecule has 0 aromatic heterocycles. The van der Waals surface area contributed by atoms with Gasteiger partial charge in [-0.2, -0.15) is 0 Å². The molecule has 0 saturated carbocycles. The summed E-state index contributed by atoms with van der Waals surface area (Å²) in [6, 6.07) is 6.01. The highest BCUT2D eigenvalue weighted by Gasteiger charge is 2.34. The van der Waals surface area contributed by atoms with Crippen molar-refractivity contribution in [3.05, 3.63) is 29.3 Å². The molecule has 4 heteroatoms. The van der Waals surface area contributed by atoms with Crippen molar-refractivity contribution in [2.75, 3.05) is 6.54 Å². The van der Waals surface area contributed by atoms with Crippen LogP contribution in [0, 0.1) is 13.8 Å². The fraction of sp³-hybridized carbons (Fsp3) is 0.588. The Morgan fingerprint density at radius 2 is 2.10 bits per heavy atom. The van der Waals surface area contributed by atoms with E-state index in [9.17, 15) is 9.90 Å². The maximum Gasteiger partial charge on any atom is 0.323 e. The summed E-state index contributed by atoms with van der Waals surface area (Å²) in [4.78, 5) is 11.5. The average Bonchev–Trinajstić information content (AvgIpc) is 2.39. The number of benzene rings is 1. The van der Waals surface area contributed by atoms with Crippen LogP contribution in [0.5, 0.6) is 5.75 Å². The summed E-state index contributed by atoms with van der Waals surface area (Å²) in [6.45, 7) is 10.4. The molecule has 1 aromatic rings. The van der Waals surface area contributed by atoms with Crippen LogP contribution >= 0.6 is 0 Å². The van der Waals surface area contributed by atoms with Crippen LogP contribution in [0.4, 0.5) is 0 Å². The second-order valence-corrected chi connectivity index (χ2v) is 5.97. The van der Waals surface area contributed by atoms with Crippen LogP contribution in [0.15, 0.2) is 18.2 Å². The zero-order chi connectivity index (χ0) is 16.0. The molecule has 2 unspecified atom stereocenters. The number of carboxylic acid groups (broad SMARTS) is 1. The van der Waals surface area contributed by atoms with Crippen LogP contribution in [-0.4, -0.2) is 29.3 Å². The van der Waals surface area contributed by atoms with Crippen LogP contribution in [0.25, 0.3) is 0 Å². The van der Waals surface area contributed by atoms with Gasteiger partial charge in [-0.1, -0.05) is 24.6 Å². The lowest BCUT2D eigenvalue weighted by Gasteiger charge is -2.29. The summed E-state index contributed by atoms with van der Waals surface area (Å²) in [7, 11) is 0. The normalized spacial score (nSPS) is 15.3. The van der Waals surface area contributed by atoms with Crippen molar-refractivity contribution in [2.24, 2.45) is 0 Å². The Morgan fingerprint density at radius 1 is 1.43 bits per heavy atom. The Balaban J connectivity index is 2.73. The smallest absolute Gasteiger partial charge is 0.323 e. The first-order valence-electron chi connectivity index (χ1n) is 7.51. The lowest BCUT2D eigenvalue weighted by atomic mass is 9.94. The van der Waals surface area contributed by atoms with Gasteiger partial charge in [0.1, 0.15) is 11.3 Å². The molecule has 1 aromatic carbocycles. The van der Waals surface area contributed by atoms with Gasteiger partial charge in [0.15, 0.2) is 0 Å². The number of rotatable bonds is 8. The third-order valence-corrected chi connectivity index (χ3v) is 3.59. The van der Waals surface area contributed by atoms with E-state index in [-0.39, 0.29) is 6.10 Å². The molecule has 1 rings (SSSR count). The molecule has 118 valence electrons. The topological polar surface area (TPSA) is 58.6 Å². The van der Waals surface area contributed by atoms with Gasteiger partial charge in [-0.15, -0.1) is 0 Å². The van der Waals surface area contributed by atoms with E-state index in [1.165, 1.54) is 5.56 Å². The van der Waals surface area contributed by atoms with Gasteiger partial charge in [-0.3, -0.25) is 4.79 Å². The van der Waals surface area contributed by atoms with E-state index in [0.29, 0.717) is 13.0 Å². The molecule has 0 saturated heterocycles. The number of hydrogen-bond donors (Lipinski definition) is 2. The lowest BCUT2D eigenvalue weighted by Crippen LogP contribution is -2.52. The monoisotopic (exact) mass is 293 g/mol. The standard InChI is InChI=1S/C17H27NO3/c1-6-9-18-17(5,16(19)20)11-14(4)21-15-8-7-12(2)10-13(15)3/h7-8,10,14,18H,6,9,11H2,1-5H3,(H,19,20). The van der Waals surface area contributed by atoms with E-state index >= 15 is 0 Å². The summed E-state index contributed by atoms with van der Waals surface area (Å²) in [5, 5.41) is 12.6. The van der Waals surface area contributed by atoms with E-state index in [1.54, 1.807) is 6.92 Å². The zero-order valence-electron chi connectivity index (χ0n) is 13.7. The number of nitrogens with one attached hydrogen (secondary N) is 1. The van der Waals surface area contributed by atoms with Crippen molar-refractivity contribution in [3.8, 4) is 5.75 Å². The molecule has 21 heavy (non-hydrogen) atoms. The van der Waals surface area contributed by atoms with Gasteiger partial charge in [-0.25, -0.2) is 0 Å². The molecule has 0 heterocycles. The summed E-state index contributed by atoms with van der Waals surface area (Å²) in [5.74, 6) is -0.0247. The molecule has 2 atom stereocenters. The average molecular weight is 293 g/mol. The van der Waals surface area contributed by atoms with Gasteiger partial charge in [0.25, 0.3) is 0 Å². The van der Waals surface area contributed by atoms with Crippen molar-refractivity contribution in [3.63, 3.8) is 0 Å². The molecule has 2 N–H and O–H groups in total. The number of carboxylic acids is 1. The summed E-state index contributed by atoms with van der Waals surface area (Å²) in [5.41, 5.74) is 1.29. The van der Waals surface area contributed by atoms with E-state index in [1.807, 2.05) is 39.8 Å². The molecule has 0 radical (unpaired) electrons. The molecule has 4 nitrogen and oxygen atoms in total. The summed E-state index contributed by atoms with van der Waals surface area (Å²) >= 11 is 0. The van der Waals surface area contributed by atoms with Gasteiger partial charge in [0, 0.05) is 6.42 Å². The van der Waals surface area contributed by atoms with Crippen molar-refractivity contribution in [1.82, 2.24) is 5.32 Å². The molecule has 0 fully saturated rings. The SMILES string of the molecule is CCCNC(C)(CC(C)Oc1ccc(C)cc1C)C(=O)O. The first-order valence-corrected chi connectivity index (χ1v) is 7.51. The highest BCUT2D eigenvalue weighted by molar-refractivity contribution is 5.78. The maximum absolute atomic E-state index is 11.5. The molecular formula is C17H27NO3. The first kappa shape index (κ1) is 17.5. The van der Waals surface area contributed by atoms with E-state index in [0.717, 1.165) is 17.7 Å². The Hall–Kier alpha value is -1.55. The largest absolute Gasteiger partial charge is 0.490 e. The Morgan fingerprint density at radius 3 is 2.62 bits per heavy atom. The predicted octanol–water partition coefficient (Wildman–Crippen LogP) is 3.30. The Labute approximate surface area is 127 Å². The maximum atomic E-state index is 11.5. The number of carbonyl (C=O) groups is 1. The van der Waals surface area contributed by atoms with Gasteiger partial charge in [-0.05, 0) is 52.3 Å². The minimum Gasteiger partial charge on any atom is -0.490 e. The second kappa shape index (κ2) is 7.46. The quantitative estimate of drug-likeness (QED) is 0.772. The van der Waals surface area contributed by atoms with Gasteiger partial charge in [0.05, 0.1) is 6.10 Å². The number of aryl methyl sites for hydroxylation is 2. The molecule has 0 aliphatic carbocycles. The minimum atomic E-state index is -0.964. The summed E-state index contributed by atoms with van der Waals surface area (Å²) < 4.78 is 5.92. The third-order valence-electron chi connectivity index (χ3n) is 3.59. The number of hydrogen-bond acceptors (Lipinski definition) is 3. The van der Waals surface area contributed by atoms with Gasteiger partial charge >= 0.3 is 5.97 Å². The first-order chi connectivity index (χ1) is 9.78. The Kier molecular flexibility index (Phi) is 6.21. The van der Waals surface area contributed by atoms with Crippen molar-refractivity contribution < 1.29 is 14.6 Å². The highest BCUT2D eigenvalue weighted by Crippen LogP contribution is 2.23. The van der Waals surface area contributed by atoms with Crippen molar-refractivity contribution in [1.29, 1.82) is 0 Å². The van der Waals surface area contributed by atoms with Crippen LogP contribution in [0.1, 0.15) is 44.7 Å². The molecule has 0 amide bonds. The fourth-order valence-corrected chi connectivity index (χ4v) is 2.40. The number of ether oxygens (including phenoxy) is 1. The van der Waals surface area contributed by atoms with Crippen LogP contribution < -0.4 is 10.1 Å². The summed E-state index contributed by atoms with van der Waals surface area (Å²) in [6.07, 6.45) is 1.13. The minimum absolute atomic E-state index is 0.183. The van der Waals surface area contributed by atoms with Crippen molar-refractivity contribution >= 4 is 5.97 Å². The van der Waals surface area contributed by atoms with E-state index < -0.39 is 11.5 Å². The fourth-order valence-electron chi connectivity index (χ4n) is 2.40. The van der Waals surface area contributed by atoms with E-state index in [4.69, 9.17) is 4.74 Å². The highest BCUT2D eigenvalue weighted by atomic mass is 16.5. The van der Waals surface area contributed by atoms with Crippen molar-refractivity contribution in [2.45, 2.75) is 59.1 Å². The molecule has 0 bridgehead atoms. The molecule has 0 spiro atoms. The van der Waals surface area contributed by atoms with Gasteiger partial charge < -0.3 is 15.2 Å². The van der Waals surface area contributed by atoms with Crippen LogP contribution in [-0.2, 0) is 4.79 Å². The number of aliphatic carboxylic acids is 1. The Bertz CT molecular complexity index is 487. The zero-order valence-corrected chi connectivity index (χ0v) is 13.7. The molecule has 0 aliphatic heterocycles.